The van der Waals surface area contributed by atoms with Gasteiger partial charge in [0.15, 0.2) is 0 Å². The number of imidazole rings is 1. The summed E-state index contributed by atoms with van der Waals surface area (Å²) >= 11 is 0. The standard InChI is InChI=1S/C15H24N2/c1(2-7-11-15-12-16-13-17-15)4-8-14-9-5-3-6-10-14/h1-2,12-14H,3-11H2,(H,16,17)/b2-1-. The lowest BCUT2D eigenvalue weighted by molar-refractivity contribution is 0.341. The molecule has 0 amide bonds. The van der Waals surface area contributed by atoms with Gasteiger partial charge < -0.3 is 4.98 Å². The lowest BCUT2D eigenvalue weighted by Gasteiger charge is -2.20. The number of aromatic nitrogens is 2. The maximum atomic E-state index is 4.02. The van der Waals surface area contributed by atoms with Gasteiger partial charge in [-0.15, -0.1) is 0 Å². The number of rotatable bonds is 6. The van der Waals surface area contributed by atoms with E-state index in [0.29, 0.717) is 0 Å². The van der Waals surface area contributed by atoms with Crippen molar-refractivity contribution in [3.63, 3.8) is 0 Å². The van der Waals surface area contributed by atoms with E-state index in [1.807, 2.05) is 6.20 Å². The van der Waals surface area contributed by atoms with Crippen molar-refractivity contribution in [3.8, 4) is 0 Å². The molecule has 2 rings (SSSR count). The molecule has 0 radical (unpaired) electrons. The highest BCUT2D eigenvalue weighted by atomic mass is 14.9. The van der Waals surface area contributed by atoms with E-state index in [4.69, 9.17) is 0 Å². The van der Waals surface area contributed by atoms with Crippen LogP contribution in [-0.4, -0.2) is 9.97 Å². The van der Waals surface area contributed by atoms with Crippen LogP contribution in [0.4, 0.5) is 0 Å². The molecule has 0 unspecified atom stereocenters. The smallest absolute Gasteiger partial charge is 0.0921 e. The molecule has 0 atom stereocenters. The molecule has 1 heterocycles. The van der Waals surface area contributed by atoms with Crippen LogP contribution >= 0.6 is 0 Å². The average molecular weight is 232 g/mol. The molecule has 1 aliphatic carbocycles. The number of hydrogen-bond donors (Lipinski definition) is 1. The molecule has 1 aliphatic rings. The van der Waals surface area contributed by atoms with Gasteiger partial charge in [0.1, 0.15) is 0 Å². The maximum Gasteiger partial charge on any atom is 0.0921 e. The van der Waals surface area contributed by atoms with Crippen molar-refractivity contribution in [2.45, 2.75) is 57.8 Å². The van der Waals surface area contributed by atoms with Gasteiger partial charge in [-0.3, -0.25) is 0 Å². The highest BCUT2D eigenvalue weighted by Crippen LogP contribution is 2.27. The molecule has 2 nitrogen and oxygen atoms in total. The van der Waals surface area contributed by atoms with Crippen molar-refractivity contribution < 1.29 is 0 Å². The minimum atomic E-state index is 1.01. The minimum absolute atomic E-state index is 1.01. The Bertz CT molecular complexity index is 308. The zero-order valence-corrected chi connectivity index (χ0v) is 10.7. The van der Waals surface area contributed by atoms with Gasteiger partial charge in [0.05, 0.1) is 6.33 Å². The number of aryl methyl sites for hydroxylation is 1. The third kappa shape index (κ3) is 4.76. The Morgan fingerprint density at radius 1 is 1.18 bits per heavy atom. The number of H-pyrrole nitrogens is 1. The fourth-order valence-corrected chi connectivity index (χ4v) is 2.70. The lowest BCUT2D eigenvalue weighted by atomic mass is 9.86. The van der Waals surface area contributed by atoms with Crippen molar-refractivity contribution in [2.75, 3.05) is 0 Å². The molecule has 0 aromatic carbocycles. The normalized spacial score (nSPS) is 17.9. The van der Waals surface area contributed by atoms with E-state index in [1.165, 1.54) is 50.6 Å². The molecule has 0 spiro atoms. The third-order valence-electron chi connectivity index (χ3n) is 3.77. The van der Waals surface area contributed by atoms with Crippen LogP contribution in [-0.2, 0) is 6.42 Å². The van der Waals surface area contributed by atoms with Gasteiger partial charge in [-0.1, -0.05) is 44.3 Å². The van der Waals surface area contributed by atoms with Crippen LogP contribution in [0.5, 0.6) is 0 Å². The van der Waals surface area contributed by atoms with Crippen molar-refractivity contribution in [2.24, 2.45) is 5.92 Å². The molecule has 94 valence electrons. The lowest BCUT2D eigenvalue weighted by Crippen LogP contribution is -2.05. The highest BCUT2D eigenvalue weighted by molar-refractivity contribution is 4.96. The zero-order valence-electron chi connectivity index (χ0n) is 10.7. The molecule has 0 bridgehead atoms. The van der Waals surface area contributed by atoms with E-state index < -0.39 is 0 Å². The van der Waals surface area contributed by atoms with Crippen LogP contribution in [0, 0.1) is 5.92 Å². The number of nitrogens with zero attached hydrogens (tertiary/aromatic N) is 1. The first-order valence-corrected chi connectivity index (χ1v) is 7.07. The van der Waals surface area contributed by atoms with E-state index in [0.717, 1.165) is 18.8 Å². The summed E-state index contributed by atoms with van der Waals surface area (Å²) in [6, 6.07) is 0. The number of allylic oxidation sites excluding steroid dienone is 2. The Hall–Kier alpha value is -1.05. The molecule has 0 saturated heterocycles. The Morgan fingerprint density at radius 2 is 2.00 bits per heavy atom. The van der Waals surface area contributed by atoms with Gasteiger partial charge in [0.2, 0.25) is 0 Å². The summed E-state index contributed by atoms with van der Waals surface area (Å²) in [6.07, 6.45) is 20.6. The zero-order chi connectivity index (χ0) is 11.8. The fraction of sp³-hybridized carbons (Fsp3) is 0.667. The molecule has 2 heteroatoms. The summed E-state index contributed by atoms with van der Waals surface area (Å²) in [6.45, 7) is 0. The topological polar surface area (TPSA) is 28.7 Å². The minimum Gasteiger partial charge on any atom is -0.348 e. The van der Waals surface area contributed by atoms with Crippen molar-refractivity contribution in [3.05, 3.63) is 30.4 Å². The molecule has 1 saturated carbocycles. The first-order valence-electron chi connectivity index (χ1n) is 7.07. The summed E-state index contributed by atoms with van der Waals surface area (Å²) in [7, 11) is 0. The highest BCUT2D eigenvalue weighted by Gasteiger charge is 2.11. The molecule has 17 heavy (non-hydrogen) atoms. The molecule has 1 aromatic rings. The summed E-state index contributed by atoms with van der Waals surface area (Å²) in [4.78, 5) is 7.15. The number of hydrogen-bond acceptors (Lipinski definition) is 1. The van der Waals surface area contributed by atoms with Crippen molar-refractivity contribution in [1.29, 1.82) is 0 Å². The van der Waals surface area contributed by atoms with E-state index in [9.17, 15) is 0 Å². The van der Waals surface area contributed by atoms with Crippen LogP contribution in [0.1, 0.15) is 57.1 Å². The van der Waals surface area contributed by atoms with Crippen LogP contribution in [0.2, 0.25) is 0 Å². The average Bonchev–Trinajstić information content (AvgIpc) is 2.88. The van der Waals surface area contributed by atoms with E-state index >= 15 is 0 Å². The second-order valence-electron chi connectivity index (χ2n) is 5.17. The Labute approximate surface area is 105 Å². The summed E-state index contributed by atoms with van der Waals surface area (Å²) in [5.41, 5.74) is 1.24. The SMILES string of the molecule is C(=C/CCC1CCCCC1)/CCc1cnc[nH]1. The van der Waals surface area contributed by atoms with Gasteiger partial charge in [-0.25, -0.2) is 4.98 Å². The maximum absolute atomic E-state index is 4.02. The van der Waals surface area contributed by atoms with Crippen LogP contribution in [0.25, 0.3) is 0 Å². The van der Waals surface area contributed by atoms with Crippen LogP contribution in [0.3, 0.4) is 0 Å². The number of aromatic amines is 1. The van der Waals surface area contributed by atoms with E-state index in [1.54, 1.807) is 6.33 Å². The van der Waals surface area contributed by atoms with Gasteiger partial charge >= 0.3 is 0 Å². The second-order valence-corrected chi connectivity index (χ2v) is 5.17. The first kappa shape index (κ1) is 12.4. The van der Waals surface area contributed by atoms with Crippen LogP contribution in [0.15, 0.2) is 24.7 Å². The van der Waals surface area contributed by atoms with Gasteiger partial charge in [-0.2, -0.15) is 0 Å². The predicted octanol–water partition coefficient (Wildman–Crippen LogP) is 4.26. The fourth-order valence-electron chi connectivity index (χ4n) is 2.70. The van der Waals surface area contributed by atoms with Gasteiger partial charge in [0.25, 0.3) is 0 Å². The molecule has 1 fully saturated rings. The molecular formula is C15H24N2. The Morgan fingerprint density at radius 3 is 2.76 bits per heavy atom. The molecular weight excluding hydrogens is 208 g/mol. The van der Waals surface area contributed by atoms with Crippen molar-refractivity contribution >= 4 is 0 Å². The summed E-state index contributed by atoms with van der Waals surface area (Å²) in [5.74, 6) is 1.01. The summed E-state index contributed by atoms with van der Waals surface area (Å²) < 4.78 is 0. The molecule has 0 aliphatic heterocycles. The van der Waals surface area contributed by atoms with Gasteiger partial charge in [0, 0.05) is 11.9 Å². The second kappa shape index (κ2) is 7.31. The predicted molar refractivity (Wildman–Crippen MR) is 71.9 cm³/mol. The van der Waals surface area contributed by atoms with E-state index in [2.05, 4.69) is 22.1 Å². The van der Waals surface area contributed by atoms with Crippen LogP contribution < -0.4 is 0 Å². The van der Waals surface area contributed by atoms with Gasteiger partial charge in [-0.05, 0) is 31.6 Å². The largest absolute Gasteiger partial charge is 0.348 e. The monoisotopic (exact) mass is 232 g/mol. The number of nitrogens with one attached hydrogen (secondary N) is 1. The Balaban J connectivity index is 1.52. The first-order chi connectivity index (χ1) is 8.45. The summed E-state index contributed by atoms with van der Waals surface area (Å²) in [5, 5.41) is 0. The molecule has 1 aromatic heterocycles. The quantitative estimate of drug-likeness (QED) is 0.729. The van der Waals surface area contributed by atoms with Crippen molar-refractivity contribution in [1.82, 2.24) is 9.97 Å². The van der Waals surface area contributed by atoms with E-state index in [-0.39, 0.29) is 0 Å². The molecule has 1 N–H and O–H groups in total. The third-order valence-corrected chi connectivity index (χ3v) is 3.77. The Kier molecular flexibility index (Phi) is 5.34.